The Labute approximate surface area is 109 Å². The molecule has 100 valence electrons. The number of nitrogens with zero attached hydrogens (tertiary/aromatic N) is 1. The Morgan fingerprint density at radius 3 is 2.44 bits per heavy atom. The van der Waals surface area contributed by atoms with Crippen LogP contribution in [-0.2, 0) is 0 Å². The summed E-state index contributed by atoms with van der Waals surface area (Å²) in [5.74, 6) is 0.399. The van der Waals surface area contributed by atoms with Crippen molar-refractivity contribution in [1.82, 2.24) is 0 Å². The molecule has 0 unspecified atom stereocenters. The van der Waals surface area contributed by atoms with E-state index in [1.165, 1.54) is 12.8 Å². The van der Waals surface area contributed by atoms with E-state index in [9.17, 15) is 4.39 Å². The van der Waals surface area contributed by atoms with Crippen molar-refractivity contribution in [3.8, 4) is 0 Å². The smallest absolute Gasteiger partial charge is 0.146 e. The van der Waals surface area contributed by atoms with Gasteiger partial charge in [-0.05, 0) is 43.4 Å². The van der Waals surface area contributed by atoms with Crippen molar-refractivity contribution >= 4 is 5.69 Å². The van der Waals surface area contributed by atoms with E-state index in [0.29, 0.717) is 12.0 Å². The van der Waals surface area contributed by atoms with E-state index in [1.807, 2.05) is 19.1 Å². The molecule has 1 aliphatic carbocycles. The highest BCUT2D eigenvalue weighted by atomic mass is 19.1. The molecule has 0 bridgehead atoms. The zero-order valence-electron chi connectivity index (χ0n) is 11.5. The summed E-state index contributed by atoms with van der Waals surface area (Å²) in [5.41, 5.74) is 7.37. The van der Waals surface area contributed by atoms with Gasteiger partial charge in [0.05, 0.1) is 5.69 Å². The third-order valence-electron chi connectivity index (χ3n) is 3.36. The Hall–Kier alpha value is -1.09. The molecule has 2 nitrogen and oxygen atoms in total. The summed E-state index contributed by atoms with van der Waals surface area (Å²) in [4.78, 5) is 2.21. The first kappa shape index (κ1) is 13.3. The highest BCUT2D eigenvalue weighted by Gasteiger charge is 2.31. The molecule has 0 amide bonds. The normalized spacial score (nSPS) is 17.0. The lowest BCUT2D eigenvalue weighted by molar-refractivity contribution is 0.576. The van der Waals surface area contributed by atoms with Gasteiger partial charge in [0.25, 0.3) is 0 Å². The van der Waals surface area contributed by atoms with Crippen molar-refractivity contribution in [2.75, 3.05) is 11.4 Å². The molecule has 0 radical (unpaired) electrons. The lowest BCUT2D eigenvalue weighted by atomic mass is 10.1. The number of benzene rings is 1. The van der Waals surface area contributed by atoms with Gasteiger partial charge in [0.15, 0.2) is 0 Å². The Bertz CT molecular complexity index is 411. The molecule has 1 saturated carbocycles. The fraction of sp³-hybridized carbons (Fsp3) is 0.600. The van der Waals surface area contributed by atoms with E-state index in [1.54, 1.807) is 6.07 Å². The van der Waals surface area contributed by atoms with E-state index in [0.717, 1.165) is 17.8 Å². The minimum atomic E-state index is -0.141. The summed E-state index contributed by atoms with van der Waals surface area (Å²) in [6, 6.07) is 5.82. The molecular formula is C15H23FN2. The zero-order chi connectivity index (χ0) is 13.3. The summed E-state index contributed by atoms with van der Waals surface area (Å²) in [6.45, 7) is 7.13. The van der Waals surface area contributed by atoms with Gasteiger partial charge >= 0.3 is 0 Å². The van der Waals surface area contributed by atoms with Crippen molar-refractivity contribution in [2.24, 2.45) is 11.7 Å². The molecule has 1 atom stereocenters. The van der Waals surface area contributed by atoms with E-state index in [2.05, 4.69) is 18.7 Å². The molecule has 0 spiro atoms. The highest BCUT2D eigenvalue weighted by molar-refractivity contribution is 5.51. The van der Waals surface area contributed by atoms with Crippen LogP contribution in [0.5, 0.6) is 0 Å². The van der Waals surface area contributed by atoms with E-state index in [4.69, 9.17) is 5.73 Å². The highest BCUT2D eigenvalue weighted by Crippen LogP contribution is 2.34. The Balaban J connectivity index is 2.24. The van der Waals surface area contributed by atoms with Crippen LogP contribution in [0.25, 0.3) is 0 Å². The molecular weight excluding hydrogens is 227 g/mol. The predicted molar refractivity (Wildman–Crippen MR) is 74.2 cm³/mol. The third kappa shape index (κ3) is 3.02. The van der Waals surface area contributed by atoms with Crippen LogP contribution in [0.1, 0.15) is 45.2 Å². The van der Waals surface area contributed by atoms with Gasteiger partial charge in [-0.3, -0.25) is 0 Å². The maximum absolute atomic E-state index is 14.2. The number of rotatable bonds is 5. The quantitative estimate of drug-likeness (QED) is 0.867. The second-order valence-corrected chi connectivity index (χ2v) is 5.78. The SMILES string of the molecule is CC(C)CN(c1ccc([C@H](C)N)cc1F)C1CC1. The van der Waals surface area contributed by atoms with Gasteiger partial charge in [-0.25, -0.2) is 4.39 Å². The van der Waals surface area contributed by atoms with Crippen molar-refractivity contribution in [2.45, 2.75) is 45.7 Å². The monoisotopic (exact) mass is 250 g/mol. The van der Waals surface area contributed by atoms with Crippen molar-refractivity contribution in [3.05, 3.63) is 29.6 Å². The molecule has 2 N–H and O–H groups in total. The van der Waals surface area contributed by atoms with Crippen molar-refractivity contribution in [3.63, 3.8) is 0 Å². The lowest BCUT2D eigenvalue weighted by Gasteiger charge is -2.27. The van der Waals surface area contributed by atoms with Crippen LogP contribution in [0.15, 0.2) is 18.2 Å². The summed E-state index contributed by atoms with van der Waals surface area (Å²) in [5, 5.41) is 0. The first-order valence-corrected chi connectivity index (χ1v) is 6.80. The first-order valence-electron chi connectivity index (χ1n) is 6.80. The van der Waals surface area contributed by atoms with Crippen LogP contribution >= 0.6 is 0 Å². The molecule has 18 heavy (non-hydrogen) atoms. The van der Waals surface area contributed by atoms with Crippen LogP contribution in [0.4, 0.5) is 10.1 Å². The molecule has 1 aromatic rings. The fourth-order valence-corrected chi connectivity index (χ4v) is 2.26. The van der Waals surface area contributed by atoms with Crippen molar-refractivity contribution < 1.29 is 4.39 Å². The summed E-state index contributed by atoms with van der Waals surface area (Å²) >= 11 is 0. The summed E-state index contributed by atoms with van der Waals surface area (Å²) in [7, 11) is 0. The van der Waals surface area contributed by atoms with Crippen LogP contribution in [0.3, 0.4) is 0 Å². The molecule has 1 fully saturated rings. The van der Waals surface area contributed by atoms with Gasteiger partial charge in [-0.1, -0.05) is 19.9 Å². The summed E-state index contributed by atoms with van der Waals surface area (Å²) < 4.78 is 14.2. The van der Waals surface area contributed by atoms with Gasteiger partial charge in [-0.2, -0.15) is 0 Å². The number of hydrogen-bond donors (Lipinski definition) is 1. The maximum Gasteiger partial charge on any atom is 0.146 e. The van der Waals surface area contributed by atoms with E-state index in [-0.39, 0.29) is 11.9 Å². The molecule has 0 heterocycles. The molecule has 3 heteroatoms. The van der Waals surface area contributed by atoms with Gasteiger partial charge < -0.3 is 10.6 Å². The maximum atomic E-state index is 14.2. The van der Waals surface area contributed by atoms with Crippen molar-refractivity contribution in [1.29, 1.82) is 0 Å². The van der Waals surface area contributed by atoms with Gasteiger partial charge in [0.2, 0.25) is 0 Å². The van der Waals surface area contributed by atoms with Gasteiger partial charge in [-0.15, -0.1) is 0 Å². The second kappa shape index (κ2) is 5.27. The number of hydrogen-bond acceptors (Lipinski definition) is 2. The Morgan fingerprint density at radius 1 is 1.33 bits per heavy atom. The average Bonchev–Trinajstić information content (AvgIpc) is 3.09. The van der Waals surface area contributed by atoms with E-state index >= 15 is 0 Å². The second-order valence-electron chi connectivity index (χ2n) is 5.78. The Kier molecular flexibility index (Phi) is 3.91. The molecule has 1 aromatic carbocycles. The van der Waals surface area contributed by atoms with Crippen LogP contribution in [0.2, 0.25) is 0 Å². The molecule has 0 aliphatic heterocycles. The molecule has 0 aromatic heterocycles. The van der Waals surface area contributed by atoms with Crippen LogP contribution < -0.4 is 10.6 Å². The zero-order valence-corrected chi connectivity index (χ0v) is 11.5. The van der Waals surface area contributed by atoms with Crippen LogP contribution in [0, 0.1) is 11.7 Å². The van der Waals surface area contributed by atoms with Gasteiger partial charge in [0.1, 0.15) is 5.82 Å². The molecule has 0 saturated heterocycles. The predicted octanol–water partition coefficient (Wildman–Crippen LogP) is 3.47. The topological polar surface area (TPSA) is 29.3 Å². The average molecular weight is 250 g/mol. The Morgan fingerprint density at radius 2 is 2.00 bits per heavy atom. The molecule has 2 rings (SSSR count). The largest absolute Gasteiger partial charge is 0.366 e. The number of nitrogens with two attached hydrogens (primary N) is 1. The minimum Gasteiger partial charge on any atom is -0.366 e. The standard InChI is InChI=1S/C15H23FN2/c1-10(2)9-18(13-5-6-13)15-7-4-12(11(3)17)8-14(15)16/h4,7-8,10-11,13H,5-6,9,17H2,1-3H3/t11-/m0/s1. The minimum absolute atomic E-state index is 0.118. The number of halogens is 1. The van der Waals surface area contributed by atoms with Gasteiger partial charge in [0, 0.05) is 18.6 Å². The van der Waals surface area contributed by atoms with Crippen LogP contribution in [-0.4, -0.2) is 12.6 Å². The summed E-state index contributed by atoms with van der Waals surface area (Å²) in [6.07, 6.45) is 2.36. The lowest BCUT2D eigenvalue weighted by Crippen LogP contribution is -2.30. The fourth-order valence-electron chi connectivity index (χ4n) is 2.26. The number of anilines is 1. The molecule has 1 aliphatic rings. The van der Waals surface area contributed by atoms with E-state index < -0.39 is 0 Å². The first-order chi connectivity index (χ1) is 8.49. The third-order valence-corrected chi connectivity index (χ3v) is 3.36.